The van der Waals surface area contributed by atoms with Gasteiger partial charge in [-0.3, -0.25) is 4.72 Å². The minimum atomic E-state index is -3.66. The zero-order chi connectivity index (χ0) is 19.4. The van der Waals surface area contributed by atoms with Crippen molar-refractivity contribution < 1.29 is 8.42 Å². The number of anilines is 2. The Morgan fingerprint density at radius 1 is 0.963 bits per heavy atom. The molecule has 1 atom stereocenters. The standard InChI is InChI=1S/C21H23N3O2S/c1-15-9-10-16(2)20(13-15)27(25,26)24-19-11-12-21(22-14-19)23-17(3)18-7-5-4-6-8-18/h4-14,17,24H,1-3H3,(H,22,23). The molecule has 3 rings (SSSR count). The first kappa shape index (κ1) is 18.9. The number of aryl methyl sites for hydroxylation is 2. The molecule has 5 nitrogen and oxygen atoms in total. The molecule has 0 saturated carbocycles. The number of pyridine rings is 1. The lowest BCUT2D eigenvalue weighted by molar-refractivity contribution is 0.600. The zero-order valence-corrected chi connectivity index (χ0v) is 16.4. The third kappa shape index (κ3) is 4.65. The van der Waals surface area contributed by atoms with E-state index in [0.717, 1.165) is 11.1 Å². The third-order valence-electron chi connectivity index (χ3n) is 4.31. The van der Waals surface area contributed by atoms with Crippen molar-refractivity contribution in [3.63, 3.8) is 0 Å². The van der Waals surface area contributed by atoms with Crippen molar-refractivity contribution in [3.8, 4) is 0 Å². The van der Waals surface area contributed by atoms with Crippen molar-refractivity contribution in [2.45, 2.75) is 31.7 Å². The normalized spacial score (nSPS) is 12.4. The molecule has 3 aromatic rings. The molecule has 27 heavy (non-hydrogen) atoms. The number of benzene rings is 2. The maximum absolute atomic E-state index is 12.7. The molecule has 2 aromatic carbocycles. The highest BCUT2D eigenvalue weighted by atomic mass is 32.2. The molecule has 2 N–H and O–H groups in total. The summed E-state index contributed by atoms with van der Waals surface area (Å²) in [4.78, 5) is 4.60. The van der Waals surface area contributed by atoms with Crippen LogP contribution in [0.15, 0.2) is 71.8 Å². The van der Waals surface area contributed by atoms with Gasteiger partial charge in [-0.05, 0) is 55.7 Å². The average Bonchev–Trinajstić information content (AvgIpc) is 2.65. The summed E-state index contributed by atoms with van der Waals surface area (Å²) in [5.41, 5.74) is 3.18. The van der Waals surface area contributed by atoms with Gasteiger partial charge in [0.15, 0.2) is 0 Å². The Bertz CT molecular complexity index is 1020. The van der Waals surface area contributed by atoms with Gasteiger partial charge in [-0.15, -0.1) is 0 Å². The Morgan fingerprint density at radius 3 is 2.37 bits per heavy atom. The Morgan fingerprint density at radius 2 is 1.70 bits per heavy atom. The van der Waals surface area contributed by atoms with Gasteiger partial charge in [0, 0.05) is 6.04 Å². The second kappa shape index (κ2) is 7.80. The largest absolute Gasteiger partial charge is 0.364 e. The summed E-state index contributed by atoms with van der Waals surface area (Å²) >= 11 is 0. The molecule has 6 heteroatoms. The van der Waals surface area contributed by atoms with Crippen LogP contribution in [0.5, 0.6) is 0 Å². The molecule has 0 spiro atoms. The predicted octanol–water partition coefficient (Wildman–Crippen LogP) is 4.67. The predicted molar refractivity (Wildman–Crippen MR) is 109 cm³/mol. The summed E-state index contributed by atoms with van der Waals surface area (Å²) in [6.45, 7) is 5.70. The van der Waals surface area contributed by atoms with Crippen molar-refractivity contribution in [2.75, 3.05) is 10.0 Å². The van der Waals surface area contributed by atoms with E-state index in [1.807, 2.05) is 50.2 Å². The molecule has 0 amide bonds. The van der Waals surface area contributed by atoms with Gasteiger partial charge in [0.05, 0.1) is 16.8 Å². The van der Waals surface area contributed by atoms with E-state index in [-0.39, 0.29) is 10.9 Å². The Hall–Kier alpha value is -2.86. The number of nitrogens with one attached hydrogen (secondary N) is 2. The number of rotatable bonds is 6. The minimum absolute atomic E-state index is 0.0937. The van der Waals surface area contributed by atoms with Crippen molar-refractivity contribution in [3.05, 3.63) is 83.6 Å². The highest BCUT2D eigenvalue weighted by Crippen LogP contribution is 2.22. The molecule has 0 aliphatic heterocycles. The van der Waals surface area contributed by atoms with Crippen molar-refractivity contribution in [2.24, 2.45) is 0 Å². The summed E-state index contributed by atoms with van der Waals surface area (Å²) in [6, 6.07) is 19.0. The second-order valence-electron chi connectivity index (χ2n) is 6.58. The van der Waals surface area contributed by atoms with Crippen LogP contribution in [0.2, 0.25) is 0 Å². The first-order valence-corrected chi connectivity index (χ1v) is 10.2. The maximum Gasteiger partial charge on any atom is 0.262 e. The first-order valence-electron chi connectivity index (χ1n) is 8.73. The fourth-order valence-electron chi connectivity index (χ4n) is 2.79. The second-order valence-corrected chi connectivity index (χ2v) is 8.23. The van der Waals surface area contributed by atoms with Gasteiger partial charge in [0.1, 0.15) is 5.82 Å². The summed E-state index contributed by atoms with van der Waals surface area (Å²) in [6.07, 6.45) is 1.52. The highest BCUT2D eigenvalue weighted by molar-refractivity contribution is 7.92. The monoisotopic (exact) mass is 381 g/mol. The fraction of sp³-hybridized carbons (Fsp3) is 0.190. The molecule has 140 valence electrons. The Labute approximate surface area is 160 Å². The number of sulfonamides is 1. The lowest BCUT2D eigenvalue weighted by Crippen LogP contribution is -2.15. The van der Waals surface area contributed by atoms with E-state index >= 15 is 0 Å². The Kier molecular flexibility index (Phi) is 5.46. The average molecular weight is 382 g/mol. The fourth-order valence-corrected chi connectivity index (χ4v) is 4.17. The van der Waals surface area contributed by atoms with Crippen molar-refractivity contribution >= 4 is 21.5 Å². The molecule has 1 aromatic heterocycles. The quantitative estimate of drug-likeness (QED) is 0.651. The van der Waals surface area contributed by atoms with Gasteiger partial charge in [0.25, 0.3) is 10.0 Å². The summed E-state index contributed by atoms with van der Waals surface area (Å²) in [5, 5.41) is 3.31. The molecule has 1 unspecified atom stereocenters. The first-order chi connectivity index (χ1) is 12.8. The Balaban J connectivity index is 1.73. The van der Waals surface area contributed by atoms with Crippen LogP contribution in [-0.2, 0) is 10.0 Å². The number of aromatic nitrogens is 1. The van der Waals surface area contributed by atoms with Crippen molar-refractivity contribution in [1.29, 1.82) is 0 Å². The molecule has 0 saturated heterocycles. The number of hydrogen-bond donors (Lipinski definition) is 2. The van der Waals surface area contributed by atoms with Gasteiger partial charge in [-0.2, -0.15) is 0 Å². The molecular weight excluding hydrogens is 358 g/mol. The maximum atomic E-state index is 12.7. The van der Waals surface area contributed by atoms with E-state index in [0.29, 0.717) is 17.1 Å². The van der Waals surface area contributed by atoms with Crippen LogP contribution < -0.4 is 10.0 Å². The molecule has 0 bridgehead atoms. The van der Waals surface area contributed by atoms with E-state index in [2.05, 4.69) is 15.0 Å². The van der Waals surface area contributed by atoms with Gasteiger partial charge in [0.2, 0.25) is 0 Å². The van der Waals surface area contributed by atoms with Crippen LogP contribution in [0.25, 0.3) is 0 Å². The van der Waals surface area contributed by atoms with Gasteiger partial charge in [-0.25, -0.2) is 13.4 Å². The lowest BCUT2D eigenvalue weighted by Gasteiger charge is -2.15. The van der Waals surface area contributed by atoms with Crippen LogP contribution in [-0.4, -0.2) is 13.4 Å². The van der Waals surface area contributed by atoms with Crippen molar-refractivity contribution in [1.82, 2.24) is 4.98 Å². The molecule has 0 fully saturated rings. The van der Waals surface area contributed by atoms with Crippen LogP contribution in [0.3, 0.4) is 0 Å². The summed E-state index contributed by atoms with van der Waals surface area (Å²) in [7, 11) is -3.66. The van der Waals surface area contributed by atoms with Crippen LogP contribution in [0, 0.1) is 13.8 Å². The number of nitrogens with zero attached hydrogens (tertiary/aromatic N) is 1. The third-order valence-corrected chi connectivity index (χ3v) is 5.84. The van der Waals surface area contributed by atoms with Crippen LogP contribution in [0.4, 0.5) is 11.5 Å². The molecule has 0 aliphatic carbocycles. The molecular formula is C21H23N3O2S. The number of hydrogen-bond acceptors (Lipinski definition) is 4. The van der Waals surface area contributed by atoms with Gasteiger partial charge >= 0.3 is 0 Å². The SMILES string of the molecule is Cc1ccc(C)c(S(=O)(=O)Nc2ccc(NC(C)c3ccccc3)nc2)c1. The minimum Gasteiger partial charge on any atom is -0.364 e. The molecule has 0 radical (unpaired) electrons. The van der Waals surface area contributed by atoms with E-state index in [4.69, 9.17) is 0 Å². The van der Waals surface area contributed by atoms with E-state index in [9.17, 15) is 8.42 Å². The topological polar surface area (TPSA) is 71.1 Å². The smallest absolute Gasteiger partial charge is 0.262 e. The van der Waals surface area contributed by atoms with Gasteiger partial charge in [-0.1, -0.05) is 42.5 Å². The van der Waals surface area contributed by atoms with E-state index in [1.54, 1.807) is 31.2 Å². The lowest BCUT2D eigenvalue weighted by atomic mass is 10.1. The highest BCUT2D eigenvalue weighted by Gasteiger charge is 2.17. The summed E-state index contributed by atoms with van der Waals surface area (Å²) < 4.78 is 27.9. The molecule has 1 heterocycles. The van der Waals surface area contributed by atoms with E-state index < -0.39 is 10.0 Å². The molecule has 0 aliphatic rings. The van der Waals surface area contributed by atoms with Gasteiger partial charge < -0.3 is 5.32 Å². The zero-order valence-electron chi connectivity index (χ0n) is 15.6. The summed E-state index contributed by atoms with van der Waals surface area (Å²) in [5.74, 6) is 0.682. The van der Waals surface area contributed by atoms with Crippen LogP contribution >= 0.6 is 0 Å². The van der Waals surface area contributed by atoms with Crippen LogP contribution in [0.1, 0.15) is 29.7 Å². The van der Waals surface area contributed by atoms with E-state index in [1.165, 1.54) is 6.20 Å².